The average Bonchev–Trinajstić information content (AvgIpc) is 2.34. The van der Waals surface area contributed by atoms with Crippen LogP contribution >= 0.6 is 11.6 Å². The molecule has 1 aromatic heterocycles. The maximum absolute atomic E-state index is 6.18. The summed E-state index contributed by atoms with van der Waals surface area (Å²) in [7, 11) is 0. The predicted molar refractivity (Wildman–Crippen MR) is 68.4 cm³/mol. The second-order valence-electron chi connectivity index (χ2n) is 3.38. The number of nitrogens with zero attached hydrogens (tertiary/aromatic N) is 2. The van der Waals surface area contributed by atoms with Gasteiger partial charge in [0.15, 0.2) is 0 Å². The van der Waals surface area contributed by atoms with Crippen LogP contribution in [0.4, 0.5) is 11.5 Å². The number of anilines is 2. The van der Waals surface area contributed by atoms with Gasteiger partial charge in [0.2, 0.25) is 0 Å². The van der Waals surface area contributed by atoms with E-state index in [9.17, 15) is 0 Å². The summed E-state index contributed by atoms with van der Waals surface area (Å²) >= 11 is 6.18. The molecule has 0 aliphatic rings. The molecule has 0 aliphatic carbocycles. The molecule has 2 rings (SSSR count). The van der Waals surface area contributed by atoms with Crippen molar-refractivity contribution in [1.29, 1.82) is 0 Å². The summed E-state index contributed by atoms with van der Waals surface area (Å²) < 4.78 is 0. The molecule has 2 aromatic rings. The SMILES string of the molecule is CCN(c1ccccn1)c1ccccc1Cl. The zero-order valence-corrected chi connectivity index (χ0v) is 9.85. The Balaban J connectivity index is 2.41. The molecule has 0 aliphatic heterocycles. The van der Waals surface area contributed by atoms with Gasteiger partial charge in [0.25, 0.3) is 0 Å². The zero-order chi connectivity index (χ0) is 11.4. The van der Waals surface area contributed by atoms with E-state index in [1.54, 1.807) is 6.20 Å². The molecule has 0 saturated heterocycles. The molecule has 0 radical (unpaired) electrons. The smallest absolute Gasteiger partial charge is 0.132 e. The fraction of sp³-hybridized carbons (Fsp3) is 0.154. The van der Waals surface area contributed by atoms with E-state index < -0.39 is 0 Å². The molecular weight excluding hydrogens is 220 g/mol. The van der Waals surface area contributed by atoms with Crippen LogP contribution in [0.15, 0.2) is 48.7 Å². The van der Waals surface area contributed by atoms with E-state index >= 15 is 0 Å². The van der Waals surface area contributed by atoms with E-state index in [2.05, 4.69) is 16.8 Å². The lowest BCUT2D eigenvalue weighted by Crippen LogP contribution is -2.17. The molecule has 16 heavy (non-hydrogen) atoms. The summed E-state index contributed by atoms with van der Waals surface area (Å²) in [6.07, 6.45) is 1.79. The first-order valence-electron chi connectivity index (χ1n) is 5.26. The Morgan fingerprint density at radius 3 is 2.50 bits per heavy atom. The molecular formula is C13H13ClN2. The van der Waals surface area contributed by atoms with Crippen molar-refractivity contribution in [2.24, 2.45) is 0 Å². The van der Waals surface area contributed by atoms with E-state index in [0.717, 1.165) is 23.1 Å². The Kier molecular flexibility index (Phi) is 3.42. The number of benzene rings is 1. The minimum atomic E-state index is 0.745. The van der Waals surface area contributed by atoms with E-state index in [4.69, 9.17) is 11.6 Å². The maximum Gasteiger partial charge on any atom is 0.132 e. The molecule has 0 bridgehead atoms. The Hall–Kier alpha value is -1.54. The topological polar surface area (TPSA) is 16.1 Å². The Morgan fingerprint density at radius 1 is 1.12 bits per heavy atom. The summed E-state index contributed by atoms with van der Waals surface area (Å²) in [4.78, 5) is 6.42. The fourth-order valence-corrected chi connectivity index (χ4v) is 1.88. The lowest BCUT2D eigenvalue weighted by molar-refractivity contribution is 0.990. The molecule has 0 saturated carbocycles. The lowest BCUT2D eigenvalue weighted by atomic mass is 10.2. The van der Waals surface area contributed by atoms with Crippen molar-refractivity contribution in [3.63, 3.8) is 0 Å². The Bertz CT molecular complexity index is 456. The molecule has 0 amide bonds. The van der Waals surface area contributed by atoms with Crippen molar-refractivity contribution in [3.8, 4) is 0 Å². The highest BCUT2D eigenvalue weighted by Crippen LogP contribution is 2.29. The maximum atomic E-state index is 6.18. The van der Waals surface area contributed by atoms with Crippen molar-refractivity contribution in [1.82, 2.24) is 4.98 Å². The third-order valence-corrected chi connectivity index (χ3v) is 2.70. The van der Waals surface area contributed by atoms with Gasteiger partial charge >= 0.3 is 0 Å². The van der Waals surface area contributed by atoms with Crippen molar-refractivity contribution < 1.29 is 0 Å². The van der Waals surface area contributed by atoms with Gasteiger partial charge in [0.1, 0.15) is 5.82 Å². The van der Waals surface area contributed by atoms with Gasteiger partial charge in [0.05, 0.1) is 10.7 Å². The second-order valence-corrected chi connectivity index (χ2v) is 3.79. The summed E-state index contributed by atoms with van der Waals surface area (Å²) in [6.45, 7) is 2.92. The molecule has 0 spiro atoms. The Labute approximate surface area is 101 Å². The normalized spacial score (nSPS) is 10.1. The van der Waals surface area contributed by atoms with E-state index in [-0.39, 0.29) is 0 Å². The molecule has 2 nitrogen and oxygen atoms in total. The quantitative estimate of drug-likeness (QED) is 0.798. The van der Waals surface area contributed by atoms with Crippen LogP contribution in [0, 0.1) is 0 Å². The van der Waals surface area contributed by atoms with Crippen LogP contribution in [0.3, 0.4) is 0 Å². The molecule has 3 heteroatoms. The van der Waals surface area contributed by atoms with Gasteiger partial charge in [-0.1, -0.05) is 29.8 Å². The number of hydrogen-bond donors (Lipinski definition) is 0. The van der Waals surface area contributed by atoms with Crippen molar-refractivity contribution in [2.45, 2.75) is 6.92 Å². The first kappa shape index (κ1) is 11.0. The van der Waals surface area contributed by atoms with Gasteiger partial charge in [-0.15, -0.1) is 0 Å². The van der Waals surface area contributed by atoms with Gasteiger partial charge in [-0.05, 0) is 31.2 Å². The number of hydrogen-bond acceptors (Lipinski definition) is 2. The summed E-state index contributed by atoms with van der Waals surface area (Å²) in [5.41, 5.74) is 0.991. The van der Waals surface area contributed by atoms with Crippen LogP contribution in [0.25, 0.3) is 0 Å². The molecule has 1 aromatic carbocycles. The van der Waals surface area contributed by atoms with Crippen LogP contribution in [0.2, 0.25) is 5.02 Å². The number of aromatic nitrogens is 1. The van der Waals surface area contributed by atoms with Gasteiger partial charge in [-0.3, -0.25) is 0 Å². The number of rotatable bonds is 3. The third-order valence-electron chi connectivity index (χ3n) is 2.39. The largest absolute Gasteiger partial charge is 0.325 e. The fourth-order valence-electron chi connectivity index (χ4n) is 1.64. The highest BCUT2D eigenvalue weighted by atomic mass is 35.5. The minimum Gasteiger partial charge on any atom is -0.325 e. The molecule has 82 valence electrons. The first-order chi connectivity index (χ1) is 7.83. The van der Waals surface area contributed by atoms with Crippen molar-refractivity contribution in [3.05, 3.63) is 53.7 Å². The third kappa shape index (κ3) is 2.17. The molecule has 0 atom stereocenters. The molecule has 0 N–H and O–H groups in total. The second kappa shape index (κ2) is 4.99. The van der Waals surface area contributed by atoms with Gasteiger partial charge < -0.3 is 4.90 Å². The van der Waals surface area contributed by atoms with Crippen LogP contribution in [0.1, 0.15) is 6.92 Å². The number of halogens is 1. The zero-order valence-electron chi connectivity index (χ0n) is 9.10. The van der Waals surface area contributed by atoms with Crippen molar-refractivity contribution in [2.75, 3.05) is 11.4 Å². The highest BCUT2D eigenvalue weighted by molar-refractivity contribution is 6.33. The van der Waals surface area contributed by atoms with Crippen molar-refractivity contribution >= 4 is 23.1 Å². The number of pyridine rings is 1. The molecule has 1 heterocycles. The van der Waals surface area contributed by atoms with Crippen LogP contribution in [-0.4, -0.2) is 11.5 Å². The van der Waals surface area contributed by atoms with E-state index in [1.807, 2.05) is 42.5 Å². The lowest BCUT2D eigenvalue weighted by Gasteiger charge is -2.22. The predicted octanol–water partition coefficient (Wildman–Crippen LogP) is 3.89. The molecule has 0 unspecified atom stereocenters. The summed E-state index contributed by atoms with van der Waals surface area (Å²) in [5, 5.41) is 0.745. The average molecular weight is 233 g/mol. The number of para-hydroxylation sites is 1. The summed E-state index contributed by atoms with van der Waals surface area (Å²) in [5.74, 6) is 0.915. The van der Waals surface area contributed by atoms with E-state index in [1.165, 1.54) is 0 Å². The molecule has 0 fully saturated rings. The standard InChI is InChI=1S/C13H13ClN2/c1-2-16(13-9-5-6-10-15-13)12-8-4-3-7-11(12)14/h3-10H,2H2,1H3. The minimum absolute atomic E-state index is 0.745. The van der Waals surface area contributed by atoms with E-state index in [0.29, 0.717) is 0 Å². The van der Waals surface area contributed by atoms with Crippen LogP contribution < -0.4 is 4.90 Å². The monoisotopic (exact) mass is 232 g/mol. The van der Waals surface area contributed by atoms with Crippen LogP contribution in [0.5, 0.6) is 0 Å². The highest BCUT2D eigenvalue weighted by Gasteiger charge is 2.10. The van der Waals surface area contributed by atoms with Crippen LogP contribution in [-0.2, 0) is 0 Å². The first-order valence-corrected chi connectivity index (χ1v) is 5.64. The summed E-state index contributed by atoms with van der Waals surface area (Å²) in [6, 6.07) is 13.7. The van der Waals surface area contributed by atoms with Gasteiger partial charge in [-0.25, -0.2) is 4.98 Å². The Morgan fingerprint density at radius 2 is 1.88 bits per heavy atom. The van der Waals surface area contributed by atoms with Gasteiger partial charge in [-0.2, -0.15) is 0 Å². The van der Waals surface area contributed by atoms with Gasteiger partial charge in [0, 0.05) is 12.7 Å².